The second-order valence-electron chi connectivity index (χ2n) is 5.16. The van der Waals surface area contributed by atoms with Gasteiger partial charge in [-0.2, -0.15) is 0 Å². The molecule has 0 aliphatic carbocycles. The fraction of sp³-hybridized carbons (Fsp3) is 0.333. The molecule has 0 aliphatic rings. The fourth-order valence-corrected chi connectivity index (χ4v) is 3.41. The molecule has 1 aromatic heterocycles. The number of nitrogens with two attached hydrogens (primary N) is 1. The maximum Gasteiger partial charge on any atom is 0.238 e. The minimum absolute atomic E-state index is 0. The van der Waals surface area contributed by atoms with E-state index in [4.69, 9.17) is 5.14 Å². The zero-order valence-electron chi connectivity index (χ0n) is 14.0. The van der Waals surface area contributed by atoms with E-state index >= 15 is 0 Å². The predicted octanol–water partition coefficient (Wildman–Crippen LogP) is 1.62. The second kappa shape index (κ2) is 10.0. The van der Waals surface area contributed by atoms with Crippen LogP contribution in [0.15, 0.2) is 40.4 Å². The van der Waals surface area contributed by atoms with Crippen molar-refractivity contribution in [1.29, 1.82) is 0 Å². The van der Waals surface area contributed by atoms with Gasteiger partial charge in [-0.05, 0) is 24.6 Å². The van der Waals surface area contributed by atoms with E-state index in [1.165, 1.54) is 10.9 Å². The van der Waals surface area contributed by atoms with Crippen LogP contribution in [0.3, 0.4) is 0 Å². The summed E-state index contributed by atoms with van der Waals surface area (Å²) >= 11 is 1.68. The van der Waals surface area contributed by atoms with Gasteiger partial charge in [0.2, 0.25) is 10.0 Å². The highest BCUT2D eigenvalue weighted by Crippen LogP contribution is 2.11. The number of guanidine groups is 1. The monoisotopic (exact) mass is 495 g/mol. The Morgan fingerprint density at radius 2 is 2.12 bits per heavy atom. The minimum Gasteiger partial charge on any atom is -0.356 e. The molecule has 1 heterocycles. The number of aryl methyl sites for hydroxylation is 1. The third-order valence-electron chi connectivity index (χ3n) is 3.21. The highest BCUT2D eigenvalue weighted by atomic mass is 127. The third kappa shape index (κ3) is 7.26. The van der Waals surface area contributed by atoms with Gasteiger partial charge >= 0.3 is 0 Å². The lowest BCUT2D eigenvalue weighted by Crippen LogP contribution is -2.37. The lowest BCUT2D eigenvalue weighted by molar-refractivity contribution is 0.597. The van der Waals surface area contributed by atoms with Crippen molar-refractivity contribution in [2.45, 2.75) is 24.8 Å². The highest BCUT2D eigenvalue weighted by molar-refractivity contribution is 14.0. The van der Waals surface area contributed by atoms with Gasteiger partial charge in [0, 0.05) is 37.6 Å². The largest absolute Gasteiger partial charge is 0.356 e. The van der Waals surface area contributed by atoms with Crippen molar-refractivity contribution in [1.82, 2.24) is 15.6 Å². The van der Waals surface area contributed by atoms with Gasteiger partial charge in [0.05, 0.1) is 9.90 Å². The molecule has 0 aliphatic heterocycles. The van der Waals surface area contributed by atoms with Crippen LogP contribution in [0.2, 0.25) is 0 Å². The molecule has 10 heteroatoms. The van der Waals surface area contributed by atoms with E-state index in [9.17, 15) is 8.42 Å². The number of primary sulfonamides is 1. The van der Waals surface area contributed by atoms with Crippen LogP contribution in [0.5, 0.6) is 0 Å². The number of nitrogens with one attached hydrogen (secondary N) is 2. The molecule has 1 aromatic carbocycles. The van der Waals surface area contributed by atoms with Crippen LogP contribution < -0.4 is 15.8 Å². The molecule has 0 saturated heterocycles. The average Bonchev–Trinajstić information content (AvgIpc) is 2.95. The summed E-state index contributed by atoms with van der Waals surface area (Å²) in [5.74, 6) is 0.643. The Bertz CT molecular complexity index is 821. The fourth-order valence-electron chi connectivity index (χ4n) is 2.04. The molecule has 0 radical (unpaired) electrons. The molecule has 0 fully saturated rings. The summed E-state index contributed by atoms with van der Waals surface area (Å²) in [5, 5.41) is 12.6. The summed E-state index contributed by atoms with van der Waals surface area (Å²) in [5.41, 5.74) is 0.806. The molecule has 4 N–H and O–H groups in total. The second-order valence-corrected chi connectivity index (χ2v) is 8.04. The SMILES string of the molecule is CN=C(NCCc1ncc(C)s1)NCc1cccc(S(N)(=O)=O)c1.I. The molecular formula is C15H22IN5O2S2. The van der Waals surface area contributed by atoms with Crippen molar-refractivity contribution < 1.29 is 8.42 Å². The number of rotatable bonds is 6. The van der Waals surface area contributed by atoms with Gasteiger partial charge in [0.15, 0.2) is 5.96 Å². The standard InChI is InChI=1S/C15H21N5O2S2.HI/c1-11-9-19-14(23-11)6-7-18-15(17-2)20-10-12-4-3-5-13(8-12)24(16,21)22;/h3-5,8-9H,6-7,10H2,1-2H3,(H2,16,21,22)(H2,17,18,20);1H. The molecule has 0 spiro atoms. The van der Waals surface area contributed by atoms with E-state index in [1.807, 2.05) is 19.2 Å². The molecule has 0 atom stereocenters. The molecule has 7 nitrogen and oxygen atoms in total. The first kappa shape index (κ1) is 21.8. The Kier molecular flexibility index (Phi) is 8.76. The van der Waals surface area contributed by atoms with Gasteiger partial charge in [0.25, 0.3) is 0 Å². The summed E-state index contributed by atoms with van der Waals surface area (Å²) in [4.78, 5) is 9.76. The number of thiazole rings is 1. The Hall–Kier alpha value is -1.24. The first-order valence-electron chi connectivity index (χ1n) is 7.36. The highest BCUT2D eigenvalue weighted by Gasteiger charge is 2.08. The van der Waals surface area contributed by atoms with Crippen LogP contribution in [-0.2, 0) is 23.0 Å². The Labute approximate surface area is 169 Å². The van der Waals surface area contributed by atoms with Gasteiger partial charge in [-0.25, -0.2) is 18.5 Å². The zero-order valence-corrected chi connectivity index (χ0v) is 18.0. The number of hydrogen-bond acceptors (Lipinski definition) is 5. The van der Waals surface area contributed by atoms with E-state index in [0.29, 0.717) is 19.0 Å². The molecule has 0 saturated carbocycles. The first-order chi connectivity index (χ1) is 11.4. The third-order valence-corrected chi connectivity index (χ3v) is 5.09. The molecular weight excluding hydrogens is 473 g/mol. The van der Waals surface area contributed by atoms with Gasteiger partial charge in [0.1, 0.15) is 0 Å². The summed E-state index contributed by atoms with van der Waals surface area (Å²) in [6, 6.07) is 6.51. The maximum absolute atomic E-state index is 11.4. The molecule has 25 heavy (non-hydrogen) atoms. The van der Waals surface area contributed by atoms with E-state index in [1.54, 1.807) is 30.5 Å². The van der Waals surface area contributed by atoms with Gasteiger partial charge in [-0.1, -0.05) is 12.1 Å². The Morgan fingerprint density at radius 1 is 1.36 bits per heavy atom. The quantitative estimate of drug-likeness (QED) is 0.321. The summed E-state index contributed by atoms with van der Waals surface area (Å²) in [6.45, 7) is 3.19. The van der Waals surface area contributed by atoms with Gasteiger partial charge in [-0.3, -0.25) is 4.99 Å². The van der Waals surface area contributed by atoms with Crippen LogP contribution >= 0.6 is 35.3 Å². The lowest BCUT2D eigenvalue weighted by Gasteiger charge is -2.12. The number of aliphatic imine (C=N–C) groups is 1. The maximum atomic E-state index is 11.4. The Balaban J connectivity index is 0.00000312. The van der Waals surface area contributed by atoms with E-state index in [-0.39, 0.29) is 28.9 Å². The summed E-state index contributed by atoms with van der Waals surface area (Å²) in [6.07, 6.45) is 2.69. The van der Waals surface area contributed by atoms with Crippen molar-refractivity contribution in [3.05, 3.63) is 45.9 Å². The molecule has 0 amide bonds. The van der Waals surface area contributed by atoms with E-state index in [2.05, 4.69) is 20.6 Å². The smallest absolute Gasteiger partial charge is 0.238 e. The van der Waals surface area contributed by atoms with Crippen LogP contribution in [0.25, 0.3) is 0 Å². The van der Waals surface area contributed by atoms with Gasteiger partial charge in [-0.15, -0.1) is 35.3 Å². The van der Waals surface area contributed by atoms with E-state index in [0.717, 1.165) is 17.0 Å². The topological polar surface area (TPSA) is 109 Å². The number of nitrogens with zero attached hydrogens (tertiary/aromatic N) is 2. The summed E-state index contributed by atoms with van der Waals surface area (Å²) < 4.78 is 22.7. The normalized spacial score (nSPS) is 11.7. The minimum atomic E-state index is -3.69. The van der Waals surface area contributed by atoms with Crippen LogP contribution in [-0.4, -0.2) is 33.0 Å². The van der Waals surface area contributed by atoms with Crippen molar-refractivity contribution in [3.8, 4) is 0 Å². The lowest BCUT2D eigenvalue weighted by atomic mass is 10.2. The van der Waals surface area contributed by atoms with Crippen LogP contribution in [0, 0.1) is 6.92 Å². The first-order valence-corrected chi connectivity index (χ1v) is 9.72. The van der Waals surface area contributed by atoms with Crippen LogP contribution in [0.1, 0.15) is 15.4 Å². The number of benzene rings is 1. The zero-order chi connectivity index (χ0) is 17.6. The van der Waals surface area contributed by atoms with E-state index < -0.39 is 10.0 Å². The summed E-state index contributed by atoms with van der Waals surface area (Å²) in [7, 11) is -2.01. The molecule has 0 unspecified atom stereocenters. The molecule has 2 aromatic rings. The molecule has 2 rings (SSSR count). The van der Waals surface area contributed by atoms with Crippen molar-refractivity contribution in [2.75, 3.05) is 13.6 Å². The molecule has 138 valence electrons. The number of hydrogen-bond donors (Lipinski definition) is 3. The van der Waals surface area contributed by atoms with Gasteiger partial charge < -0.3 is 10.6 Å². The Morgan fingerprint density at radius 3 is 2.72 bits per heavy atom. The number of aromatic nitrogens is 1. The van der Waals surface area contributed by atoms with Crippen molar-refractivity contribution in [3.63, 3.8) is 0 Å². The number of sulfonamides is 1. The van der Waals surface area contributed by atoms with Crippen molar-refractivity contribution >= 4 is 51.3 Å². The number of halogens is 1. The van der Waals surface area contributed by atoms with Crippen molar-refractivity contribution in [2.24, 2.45) is 10.1 Å². The average molecular weight is 495 g/mol. The predicted molar refractivity (Wildman–Crippen MR) is 112 cm³/mol. The van der Waals surface area contributed by atoms with Crippen LogP contribution in [0.4, 0.5) is 0 Å². The molecule has 0 bridgehead atoms.